The molecule has 0 fully saturated rings. The summed E-state index contributed by atoms with van der Waals surface area (Å²) in [7, 11) is 0. The van der Waals surface area contributed by atoms with Gasteiger partial charge in [-0.25, -0.2) is 0 Å². The van der Waals surface area contributed by atoms with Gasteiger partial charge in [-0.05, 0) is 24.3 Å². The Labute approximate surface area is 147 Å². The Morgan fingerprint density at radius 1 is 0.429 bits per heavy atom. The molecule has 0 saturated heterocycles. The zero-order valence-electron chi connectivity index (χ0n) is 14.5. The Morgan fingerprint density at radius 2 is 0.810 bits per heavy atom. The van der Waals surface area contributed by atoms with E-state index in [1.54, 1.807) is 0 Å². The first-order valence-corrected chi connectivity index (χ1v) is 12.6. The third-order valence-electron chi connectivity index (χ3n) is 3.62. The van der Waals surface area contributed by atoms with E-state index in [9.17, 15) is 0 Å². The Morgan fingerprint density at radius 3 is 1.24 bits per heavy atom. The summed E-state index contributed by atoms with van der Waals surface area (Å²) < 4.78 is 0. The summed E-state index contributed by atoms with van der Waals surface area (Å²) in [5, 5.41) is 2.61. The minimum absolute atomic E-state index is 1.30. The van der Waals surface area contributed by atoms with Crippen molar-refractivity contribution in [3.8, 4) is 0 Å². The first-order valence-electron chi connectivity index (χ1n) is 9.15. The average molecular weight is 351 g/mol. The van der Waals surface area contributed by atoms with E-state index in [4.69, 9.17) is 0 Å². The topological polar surface area (TPSA) is 0 Å². The molecular weight excluding hydrogens is 312 g/mol. The molecule has 0 atom stereocenters. The molecule has 0 radical (unpaired) electrons. The summed E-state index contributed by atoms with van der Waals surface area (Å²) in [5.74, 6) is 2.75. The van der Waals surface area contributed by atoms with Gasteiger partial charge in [-0.15, -0.1) is 11.8 Å². The van der Waals surface area contributed by atoms with E-state index in [0.29, 0.717) is 0 Å². The van der Waals surface area contributed by atoms with Gasteiger partial charge in [0.05, 0.1) is 0 Å². The molecule has 0 aliphatic carbocycles. The molecule has 0 aromatic carbocycles. The van der Waals surface area contributed by atoms with Gasteiger partial charge in [0.1, 0.15) is 0 Å². The van der Waals surface area contributed by atoms with E-state index in [1.807, 2.05) is 0 Å². The fraction of sp³-hybridized carbons (Fsp3) is 1.00. The van der Waals surface area contributed by atoms with Gasteiger partial charge in [0.15, 0.2) is 0 Å². The zero-order valence-corrected chi connectivity index (χ0v) is 17.0. The molecule has 3 heteroatoms. The number of rotatable bonds is 18. The maximum atomic E-state index is 2.29. The van der Waals surface area contributed by atoms with Crippen LogP contribution in [0.4, 0.5) is 0 Å². The summed E-state index contributed by atoms with van der Waals surface area (Å²) >= 11 is 6.41. The highest BCUT2D eigenvalue weighted by Crippen LogP contribution is 2.20. The standard InChI is InChI=1S/C18H38S3/c1-3-5-7-9-11-13-15-19-17-21-18-20-16-14-12-10-8-6-4-2/h3-18H2,1-2H3. The van der Waals surface area contributed by atoms with E-state index in [0.717, 1.165) is 0 Å². The SMILES string of the molecule is CCCCCCCCSCSCSCCCCCCCC. The highest BCUT2D eigenvalue weighted by Gasteiger charge is 1.94. The molecule has 0 unspecified atom stereocenters. The van der Waals surface area contributed by atoms with Crippen LogP contribution in [-0.4, -0.2) is 21.7 Å². The molecule has 0 N–H and O–H groups in total. The van der Waals surface area contributed by atoms with Crippen molar-refractivity contribution in [3.05, 3.63) is 0 Å². The van der Waals surface area contributed by atoms with Crippen LogP contribution < -0.4 is 0 Å². The van der Waals surface area contributed by atoms with E-state index in [-0.39, 0.29) is 0 Å². The maximum absolute atomic E-state index is 2.29. The minimum atomic E-state index is 1.30. The lowest BCUT2D eigenvalue weighted by Gasteiger charge is -2.03. The van der Waals surface area contributed by atoms with Gasteiger partial charge in [-0.2, -0.15) is 23.5 Å². The number of unbranched alkanes of at least 4 members (excludes halogenated alkanes) is 10. The molecular formula is C18H38S3. The Balaban J connectivity index is 2.90. The fourth-order valence-electron chi connectivity index (χ4n) is 2.24. The van der Waals surface area contributed by atoms with Crippen LogP contribution in [0.3, 0.4) is 0 Å². The molecule has 0 aromatic heterocycles. The third kappa shape index (κ3) is 21.1. The highest BCUT2D eigenvalue weighted by atomic mass is 32.2. The number of hydrogen-bond acceptors (Lipinski definition) is 3. The minimum Gasteiger partial charge on any atom is -0.151 e. The molecule has 0 spiro atoms. The normalized spacial score (nSPS) is 11.1. The molecule has 0 nitrogen and oxygen atoms in total. The first-order chi connectivity index (χ1) is 10.4. The van der Waals surface area contributed by atoms with E-state index in [1.165, 1.54) is 98.7 Å². The van der Waals surface area contributed by atoms with Crippen LogP contribution in [0, 0.1) is 0 Å². The lowest BCUT2D eigenvalue weighted by molar-refractivity contribution is 0.627. The van der Waals surface area contributed by atoms with Gasteiger partial charge in [-0.3, -0.25) is 0 Å². The second-order valence-corrected chi connectivity index (χ2v) is 9.72. The lowest BCUT2D eigenvalue weighted by atomic mass is 10.1. The van der Waals surface area contributed by atoms with Crippen LogP contribution in [0.2, 0.25) is 0 Å². The second-order valence-electron chi connectivity index (χ2n) is 5.79. The van der Waals surface area contributed by atoms with Crippen LogP contribution in [0.1, 0.15) is 90.9 Å². The van der Waals surface area contributed by atoms with Crippen molar-refractivity contribution in [1.29, 1.82) is 0 Å². The molecule has 0 aliphatic rings. The van der Waals surface area contributed by atoms with Crippen LogP contribution in [0.5, 0.6) is 0 Å². The molecule has 128 valence electrons. The molecule has 0 bridgehead atoms. The predicted octanol–water partition coefficient (Wildman–Crippen LogP) is 7.82. The van der Waals surface area contributed by atoms with Crippen molar-refractivity contribution in [3.63, 3.8) is 0 Å². The molecule has 0 rings (SSSR count). The smallest absolute Gasteiger partial charge is 0.0400 e. The summed E-state index contributed by atoms with van der Waals surface area (Å²) in [6.07, 6.45) is 17.1. The van der Waals surface area contributed by atoms with Crippen molar-refractivity contribution in [2.24, 2.45) is 0 Å². The molecule has 0 aromatic rings. The van der Waals surface area contributed by atoms with Crippen molar-refractivity contribution in [2.75, 3.05) is 21.7 Å². The Kier molecular flexibility index (Phi) is 22.1. The van der Waals surface area contributed by atoms with Crippen molar-refractivity contribution in [1.82, 2.24) is 0 Å². The van der Waals surface area contributed by atoms with Gasteiger partial charge in [-0.1, -0.05) is 78.1 Å². The van der Waals surface area contributed by atoms with Crippen LogP contribution in [-0.2, 0) is 0 Å². The lowest BCUT2D eigenvalue weighted by Crippen LogP contribution is -1.85. The van der Waals surface area contributed by atoms with Gasteiger partial charge < -0.3 is 0 Å². The Bertz CT molecular complexity index is 156. The molecule has 21 heavy (non-hydrogen) atoms. The summed E-state index contributed by atoms with van der Waals surface area (Å²) in [6, 6.07) is 0. The summed E-state index contributed by atoms with van der Waals surface area (Å²) in [4.78, 5) is 0. The molecule has 0 aliphatic heterocycles. The second kappa shape index (κ2) is 21.0. The van der Waals surface area contributed by atoms with Crippen LogP contribution in [0.15, 0.2) is 0 Å². The number of thioether (sulfide) groups is 3. The van der Waals surface area contributed by atoms with Gasteiger partial charge >= 0.3 is 0 Å². The molecule has 0 saturated carbocycles. The summed E-state index contributed by atoms with van der Waals surface area (Å²) in [6.45, 7) is 4.58. The van der Waals surface area contributed by atoms with Crippen molar-refractivity contribution in [2.45, 2.75) is 90.9 Å². The maximum Gasteiger partial charge on any atom is 0.0400 e. The van der Waals surface area contributed by atoms with Gasteiger partial charge in [0.25, 0.3) is 0 Å². The molecule has 0 amide bonds. The first kappa shape index (κ1) is 22.1. The van der Waals surface area contributed by atoms with Crippen LogP contribution in [0.25, 0.3) is 0 Å². The number of hydrogen-bond donors (Lipinski definition) is 0. The average Bonchev–Trinajstić information content (AvgIpc) is 2.50. The third-order valence-corrected chi connectivity index (χ3v) is 7.44. The van der Waals surface area contributed by atoms with E-state index in [2.05, 4.69) is 49.1 Å². The fourth-order valence-corrected chi connectivity index (χ4v) is 5.83. The largest absolute Gasteiger partial charge is 0.151 e. The van der Waals surface area contributed by atoms with Crippen molar-refractivity contribution >= 4 is 35.3 Å². The van der Waals surface area contributed by atoms with Gasteiger partial charge in [0, 0.05) is 10.2 Å². The van der Waals surface area contributed by atoms with Gasteiger partial charge in [0.2, 0.25) is 0 Å². The summed E-state index contributed by atoms with van der Waals surface area (Å²) in [5.41, 5.74) is 0. The van der Waals surface area contributed by atoms with E-state index >= 15 is 0 Å². The Hall–Kier alpha value is 1.05. The van der Waals surface area contributed by atoms with Crippen molar-refractivity contribution < 1.29 is 0 Å². The monoisotopic (exact) mass is 350 g/mol. The molecule has 0 heterocycles. The zero-order chi connectivity index (χ0) is 15.4. The highest BCUT2D eigenvalue weighted by molar-refractivity contribution is 8.22. The van der Waals surface area contributed by atoms with Crippen LogP contribution >= 0.6 is 35.3 Å². The van der Waals surface area contributed by atoms with E-state index < -0.39 is 0 Å². The quantitative estimate of drug-likeness (QED) is 0.183. The predicted molar refractivity (Wildman–Crippen MR) is 109 cm³/mol.